The van der Waals surface area contributed by atoms with Crippen LogP contribution in [0.3, 0.4) is 0 Å². The highest BCUT2D eigenvalue weighted by Gasteiger charge is 2.11. The standard InChI is InChI=1S/C19H17ClN2O3/c1-22-17(20)11-21-18(22)13-25-19(23)15-7-9-16(10-8-15)24-12-14-5-3-2-4-6-14/h2-11H,12-13H2,1H3. The highest BCUT2D eigenvalue weighted by Crippen LogP contribution is 2.16. The molecule has 0 radical (unpaired) electrons. The zero-order chi connectivity index (χ0) is 17.6. The Morgan fingerprint density at radius 1 is 1.08 bits per heavy atom. The van der Waals surface area contributed by atoms with Gasteiger partial charge in [-0.2, -0.15) is 0 Å². The van der Waals surface area contributed by atoms with Crippen LogP contribution >= 0.6 is 11.6 Å². The number of imidazole rings is 1. The van der Waals surface area contributed by atoms with Gasteiger partial charge >= 0.3 is 5.97 Å². The third-order valence-corrected chi connectivity index (χ3v) is 4.05. The van der Waals surface area contributed by atoms with Gasteiger partial charge in [0.25, 0.3) is 0 Å². The smallest absolute Gasteiger partial charge is 0.338 e. The predicted molar refractivity (Wildman–Crippen MR) is 94.6 cm³/mol. The van der Waals surface area contributed by atoms with E-state index in [1.807, 2.05) is 30.3 Å². The molecule has 2 aromatic carbocycles. The third kappa shape index (κ3) is 4.39. The summed E-state index contributed by atoms with van der Waals surface area (Å²) in [5.74, 6) is 0.853. The molecule has 3 aromatic rings. The zero-order valence-corrected chi connectivity index (χ0v) is 14.4. The SMILES string of the molecule is Cn1c(Cl)cnc1COC(=O)c1ccc(OCc2ccccc2)cc1. The van der Waals surface area contributed by atoms with Crippen molar-refractivity contribution in [3.05, 3.63) is 82.9 Å². The minimum Gasteiger partial charge on any atom is -0.489 e. The Labute approximate surface area is 150 Å². The summed E-state index contributed by atoms with van der Waals surface area (Å²) in [6, 6.07) is 16.7. The molecule has 0 bridgehead atoms. The predicted octanol–water partition coefficient (Wildman–Crippen LogP) is 4.01. The van der Waals surface area contributed by atoms with E-state index in [4.69, 9.17) is 21.1 Å². The first kappa shape index (κ1) is 17.0. The second-order valence-corrected chi connectivity index (χ2v) is 5.82. The summed E-state index contributed by atoms with van der Waals surface area (Å²) in [6.07, 6.45) is 1.52. The molecule has 0 saturated heterocycles. The lowest BCUT2D eigenvalue weighted by atomic mass is 10.2. The molecule has 0 unspecified atom stereocenters. The van der Waals surface area contributed by atoms with Crippen molar-refractivity contribution in [3.63, 3.8) is 0 Å². The van der Waals surface area contributed by atoms with Gasteiger partial charge in [-0.1, -0.05) is 41.9 Å². The molecule has 0 saturated carbocycles. The van der Waals surface area contributed by atoms with E-state index in [1.54, 1.807) is 35.9 Å². The Balaban J connectivity index is 1.54. The van der Waals surface area contributed by atoms with Crippen molar-refractivity contribution in [3.8, 4) is 5.75 Å². The second-order valence-electron chi connectivity index (χ2n) is 5.43. The number of halogens is 1. The lowest BCUT2D eigenvalue weighted by Gasteiger charge is -2.08. The molecule has 0 aliphatic carbocycles. The number of carbonyl (C=O) groups is 1. The number of carbonyl (C=O) groups excluding carboxylic acids is 1. The van der Waals surface area contributed by atoms with E-state index in [2.05, 4.69) is 4.98 Å². The van der Waals surface area contributed by atoms with Crippen molar-refractivity contribution < 1.29 is 14.3 Å². The molecule has 5 nitrogen and oxygen atoms in total. The first-order valence-corrected chi connectivity index (χ1v) is 8.11. The molecule has 0 aliphatic rings. The number of esters is 1. The minimum absolute atomic E-state index is 0.0638. The lowest BCUT2D eigenvalue weighted by molar-refractivity contribution is 0.0459. The van der Waals surface area contributed by atoms with E-state index in [1.165, 1.54) is 6.20 Å². The number of hydrogen-bond acceptors (Lipinski definition) is 4. The molecule has 0 N–H and O–H groups in total. The van der Waals surface area contributed by atoms with Gasteiger partial charge in [0.2, 0.25) is 0 Å². The minimum atomic E-state index is -0.422. The number of nitrogens with zero attached hydrogens (tertiary/aromatic N) is 2. The van der Waals surface area contributed by atoms with E-state index in [0.29, 0.717) is 28.9 Å². The summed E-state index contributed by atoms with van der Waals surface area (Å²) >= 11 is 5.90. The number of ether oxygens (including phenoxy) is 2. The van der Waals surface area contributed by atoms with Crippen molar-refractivity contribution in [2.24, 2.45) is 7.05 Å². The lowest BCUT2D eigenvalue weighted by Crippen LogP contribution is -2.08. The second kappa shape index (κ2) is 7.85. The van der Waals surface area contributed by atoms with Gasteiger partial charge in [-0.3, -0.25) is 0 Å². The van der Waals surface area contributed by atoms with Crippen LogP contribution in [0.25, 0.3) is 0 Å². The molecular weight excluding hydrogens is 340 g/mol. The van der Waals surface area contributed by atoms with Gasteiger partial charge in [0.05, 0.1) is 11.8 Å². The summed E-state index contributed by atoms with van der Waals surface area (Å²) < 4.78 is 12.6. The molecule has 0 aliphatic heterocycles. The largest absolute Gasteiger partial charge is 0.489 e. The van der Waals surface area contributed by atoms with Crippen LogP contribution in [0.4, 0.5) is 0 Å². The molecule has 128 valence electrons. The highest BCUT2D eigenvalue weighted by molar-refractivity contribution is 6.29. The van der Waals surface area contributed by atoms with E-state index in [0.717, 1.165) is 5.56 Å². The molecule has 0 spiro atoms. The molecule has 3 rings (SSSR count). The van der Waals surface area contributed by atoms with E-state index in [9.17, 15) is 4.79 Å². The summed E-state index contributed by atoms with van der Waals surface area (Å²) in [5.41, 5.74) is 1.53. The quantitative estimate of drug-likeness (QED) is 0.626. The summed E-state index contributed by atoms with van der Waals surface area (Å²) in [5, 5.41) is 0.492. The maximum Gasteiger partial charge on any atom is 0.338 e. The van der Waals surface area contributed by atoms with Crippen molar-refractivity contribution in [2.75, 3.05) is 0 Å². The fraction of sp³-hybridized carbons (Fsp3) is 0.158. The number of rotatable bonds is 6. The van der Waals surface area contributed by atoms with Crippen LogP contribution in [0.1, 0.15) is 21.7 Å². The fourth-order valence-corrected chi connectivity index (χ4v) is 2.35. The van der Waals surface area contributed by atoms with Crippen LogP contribution in [0.2, 0.25) is 5.15 Å². The molecule has 25 heavy (non-hydrogen) atoms. The van der Waals surface area contributed by atoms with Crippen LogP contribution in [0.5, 0.6) is 5.75 Å². The van der Waals surface area contributed by atoms with E-state index in [-0.39, 0.29) is 6.61 Å². The average Bonchev–Trinajstić information content (AvgIpc) is 2.97. The molecular formula is C19H17ClN2O3. The topological polar surface area (TPSA) is 53.4 Å². The van der Waals surface area contributed by atoms with Crippen LogP contribution in [-0.4, -0.2) is 15.5 Å². The Kier molecular flexibility index (Phi) is 5.36. The zero-order valence-electron chi connectivity index (χ0n) is 13.7. The van der Waals surface area contributed by atoms with Gasteiger partial charge in [-0.25, -0.2) is 9.78 Å². The monoisotopic (exact) mass is 356 g/mol. The van der Waals surface area contributed by atoms with Crippen molar-refractivity contribution in [2.45, 2.75) is 13.2 Å². The van der Waals surface area contributed by atoms with Crippen LogP contribution in [0, 0.1) is 0 Å². The normalized spacial score (nSPS) is 10.5. The Morgan fingerprint density at radius 2 is 1.80 bits per heavy atom. The Hall–Kier alpha value is -2.79. The van der Waals surface area contributed by atoms with Crippen LogP contribution in [0.15, 0.2) is 60.8 Å². The molecule has 6 heteroatoms. The van der Waals surface area contributed by atoms with E-state index < -0.39 is 5.97 Å². The third-order valence-electron chi connectivity index (χ3n) is 3.70. The molecule has 1 heterocycles. The van der Waals surface area contributed by atoms with E-state index >= 15 is 0 Å². The van der Waals surface area contributed by atoms with Gasteiger partial charge in [-0.15, -0.1) is 0 Å². The van der Waals surface area contributed by atoms with Crippen LogP contribution < -0.4 is 4.74 Å². The molecule has 0 atom stereocenters. The summed E-state index contributed by atoms with van der Waals surface area (Å²) in [4.78, 5) is 16.2. The average molecular weight is 357 g/mol. The first-order valence-electron chi connectivity index (χ1n) is 7.73. The highest BCUT2D eigenvalue weighted by atomic mass is 35.5. The van der Waals surface area contributed by atoms with Gasteiger partial charge in [0.1, 0.15) is 29.9 Å². The van der Waals surface area contributed by atoms with Crippen molar-refractivity contribution in [1.82, 2.24) is 9.55 Å². The van der Waals surface area contributed by atoms with Crippen molar-refractivity contribution >= 4 is 17.6 Å². The number of benzene rings is 2. The fourth-order valence-electron chi connectivity index (χ4n) is 2.20. The van der Waals surface area contributed by atoms with Gasteiger partial charge in [0, 0.05) is 7.05 Å². The van der Waals surface area contributed by atoms with Crippen molar-refractivity contribution in [1.29, 1.82) is 0 Å². The van der Waals surface area contributed by atoms with Gasteiger partial charge in [0.15, 0.2) is 0 Å². The Morgan fingerprint density at radius 3 is 2.44 bits per heavy atom. The van der Waals surface area contributed by atoms with Gasteiger partial charge < -0.3 is 14.0 Å². The Bertz CT molecular complexity index is 845. The number of aromatic nitrogens is 2. The van der Waals surface area contributed by atoms with Gasteiger partial charge in [-0.05, 0) is 29.8 Å². The van der Waals surface area contributed by atoms with Crippen LogP contribution in [-0.2, 0) is 25.0 Å². The molecule has 0 fully saturated rings. The first-order chi connectivity index (χ1) is 12.1. The maximum atomic E-state index is 12.1. The maximum absolute atomic E-state index is 12.1. The molecule has 1 aromatic heterocycles. The number of hydrogen-bond donors (Lipinski definition) is 0. The molecule has 0 amide bonds. The summed E-state index contributed by atoms with van der Waals surface area (Å²) in [7, 11) is 1.76. The summed E-state index contributed by atoms with van der Waals surface area (Å²) in [6.45, 7) is 0.541.